The number of carbonyl (C=O) groups excluding carboxylic acids is 1. The molecule has 9 heteroatoms. The second-order valence-electron chi connectivity index (χ2n) is 7.86. The average molecular weight is 404 g/mol. The van der Waals surface area contributed by atoms with E-state index in [4.69, 9.17) is 0 Å². The van der Waals surface area contributed by atoms with Crippen LogP contribution in [0.5, 0.6) is 0 Å². The molecular weight excluding hydrogens is 378 g/mol. The molecule has 8 nitrogen and oxygen atoms in total. The van der Waals surface area contributed by atoms with Crippen molar-refractivity contribution in [2.24, 2.45) is 5.92 Å². The molecule has 0 spiro atoms. The van der Waals surface area contributed by atoms with Gasteiger partial charge < -0.3 is 5.32 Å². The van der Waals surface area contributed by atoms with Gasteiger partial charge in [-0.05, 0) is 12.5 Å². The quantitative estimate of drug-likeness (QED) is 0.591. The van der Waals surface area contributed by atoms with Crippen LogP contribution in [0.3, 0.4) is 0 Å². The summed E-state index contributed by atoms with van der Waals surface area (Å²) in [5.41, 5.74) is 0.299. The van der Waals surface area contributed by atoms with Gasteiger partial charge in [0.1, 0.15) is 0 Å². The number of hydrogen-bond acceptors (Lipinski definition) is 6. The van der Waals surface area contributed by atoms with Crippen LogP contribution in [0, 0.1) is 5.92 Å². The maximum absolute atomic E-state index is 12.5. The minimum atomic E-state index is -0.282. The number of amides is 1. The van der Waals surface area contributed by atoms with E-state index in [-0.39, 0.29) is 28.4 Å². The smallest absolute Gasteiger partial charge is 0.266 e. The van der Waals surface area contributed by atoms with E-state index in [1.54, 1.807) is 22.9 Å². The van der Waals surface area contributed by atoms with Crippen LogP contribution in [-0.4, -0.2) is 37.5 Å². The van der Waals surface area contributed by atoms with Crippen molar-refractivity contribution >= 4 is 17.7 Å². The fourth-order valence-electron chi connectivity index (χ4n) is 2.89. The average Bonchev–Trinajstić information content (AvgIpc) is 2.65. The Morgan fingerprint density at radius 1 is 1.32 bits per heavy atom. The summed E-state index contributed by atoms with van der Waals surface area (Å²) in [4.78, 5) is 41.2. The first-order valence-corrected chi connectivity index (χ1v) is 10.3. The first-order valence-electron chi connectivity index (χ1n) is 9.31. The monoisotopic (exact) mass is 403 g/mol. The molecule has 3 heterocycles. The molecule has 2 aromatic rings. The highest BCUT2D eigenvalue weighted by molar-refractivity contribution is 7.99. The number of hydrogen-bond donors (Lipinski definition) is 1. The Morgan fingerprint density at radius 2 is 2.11 bits per heavy atom. The van der Waals surface area contributed by atoms with E-state index >= 15 is 0 Å². The molecule has 1 unspecified atom stereocenters. The predicted molar refractivity (Wildman–Crippen MR) is 108 cm³/mol. The lowest BCUT2D eigenvalue weighted by Crippen LogP contribution is -2.41. The molecule has 0 bridgehead atoms. The SMILES string of the molecule is CC(C)(C)c1cc(=O)n2c(n1)SCC(C(=O)NCCCn1ncccc1=O)C2. The molecule has 1 atom stereocenters. The van der Waals surface area contributed by atoms with Crippen LogP contribution in [0.4, 0.5) is 0 Å². The molecule has 1 aliphatic rings. The van der Waals surface area contributed by atoms with Gasteiger partial charge in [0, 0.05) is 49.1 Å². The largest absolute Gasteiger partial charge is 0.356 e. The molecule has 150 valence electrons. The number of rotatable bonds is 5. The summed E-state index contributed by atoms with van der Waals surface area (Å²) in [6.07, 6.45) is 2.17. The minimum Gasteiger partial charge on any atom is -0.356 e. The van der Waals surface area contributed by atoms with E-state index in [0.717, 1.165) is 5.69 Å². The van der Waals surface area contributed by atoms with Crippen LogP contribution < -0.4 is 16.4 Å². The maximum Gasteiger partial charge on any atom is 0.266 e. The van der Waals surface area contributed by atoms with Crippen molar-refractivity contribution in [3.05, 3.63) is 50.8 Å². The first-order chi connectivity index (χ1) is 13.3. The summed E-state index contributed by atoms with van der Waals surface area (Å²) in [6.45, 7) is 7.30. The van der Waals surface area contributed by atoms with Crippen molar-refractivity contribution in [3.63, 3.8) is 0 Å². The van der Waals surface area contributed by atoms with Gasteiger partial charge in [-0.15, -0.1) is 0 Å². The molecule has 0 aliphatic carbocycles. The summed E-state index contributed by atoms with van der Waals surface area (Å²) >= 11 is 1.44. The van der Waals surface area contributed by atoms with Crippen molar-refractivity contribution in [2.45, 2.75) is 50.9 Å². The fraction of sp³-hybridized carbons (Fsp3) is 0.526. The van der Waals surface area contributed by atoms with Crippen LogP contribution in [-0.2, 0) is 23.3 Å². The van der Waals surface area contributed by atoms with Crippen molar-refractivity contribution < 1.29 is 4.79 Å². The van der Waals surface area contributed by atoms with Crippen molar-refractivity contribution in [3.8, 4) is 0 Å². The molecule has 0 fully saturated rings. The van der Waals surface area contributed by atoms with Gasteiger partial charge in [0.15, 0.2) is 5.16 Å². The van der Waals surface area contributed by atoms with Crippen LogP contribution in [0.2, 0.25) is 0 Å². The van der Waals surface area contributed by atoms with Crippen LogP contribution >= 0.6 is 11.8 Å². The fourth-order valence-corrected chi connectivity index (χ4v) is 3.98. The third kappa shape index (κ3) is 4.70. The maximum atomic E-state index is 12.5. The zero-order valence-electron chi connectivity index (χ0n) is 16.3. The van der Waals surface area contributed by atoms with Crippen molar-refractivity contribution in [1.82, 2.24) is 24.6 Å². The highest BCUT2D eigenvalue weighted by Crippen LogP contribution is 2.27. The zero-order valence-corrected chi connectivity index (χ0v) is 17.2. The van der Waals surface area contributed by atoms with Gasteiger partial charge >= 0.3 is 0 Å². The summed E-state index contributed by atoms with van der Waals surface area (Å²) < 4.78 is 2.96. The van der Waals surface area contributed by atoms with Gasteiger partial charge in [-0.25, -0.2) is 9.67 Å². The Morgan fingerprint density at radius 3 is 2.82 bits per heavy atom. The number of nitrogens with one attached hydrogen (secondary N) is 1. The van der Waals surface area contributed by atoms with Crippen LogP contribution in [0.15, 0.2) is 39.1 Å². The van der Waals surface area contributed by atoms with Gasteiger partial charge in [0.2, 0.25) is 5.91 Å². The van der Waals surface area contributed by atoms with Crippen molar-refractivity contribution in [2.75, 3.05) is 12.3 Å². The number of carbonyl (C=O) groups is 1. The van der Waals surface area contributed by atoms with Crippen molar-refractivity contribution in [1.29, 1.82) is 0 Å². The predicted octanol–water partition coefficient (Wildman–Crippen LogP) is 1.03. The number of nitrogens with zero attached hydrogens (tertiary/aromatic N) is 4. The molecule has 3 rings (SSSR count). The van der Waals surface area contributed by atoms with E-state index in [9.17, 15) is 14.4 Å². The Labute approximate surface area is 167 Å². The molecule has 0 saturated carbocycles. The first kappa shape index (κ1) is 20.3. The Balaban J connectivity index is 1.56. The zero-order chi connectivity index (χ0) is 20.3. The molecule has 0 saturated heterocycles. The summed E-state index contributed by atoms with van der Waals surface area (Å²) in [6, 6.07) is 4.62. The second-order valence-corrected chi connectivity index (χ2v) is 8.85. The number of thioether (sulfide) groups is 1. The van der Waals surface area contributed by atoms with E-state index < -0.39 is 0 Å². The number of aromatic nitrogens is 4. The Kier molecular flexibility index (Phi) is 6.02. The number of aryl methyl sites for hydroxylation is 1. The van der Waals surface area contributed by atoms with Crippen LogP contribution in [0.1, 0.15) is 32.9 Å². The highest BCUT2D eigenvalue weighted by Gasteiger charge is 2.28. The molecule has 28 heavy (non-hydrogen) atoms. The van der Waals surface area contributed by atoms with Gasteiger partial charge in [-0.2, -0.15) is 5.10 Å². The van der Waals surface area contributed by atoms with Gasteiger partial charge in [0.05, 0.1) is 11.6 Å². The van der Waals surface area contributed by atoms with Gasteiger partial charge in [0.25, 0.3) is 11.1 Å². The summed E-state index contributed by atoms with van der Waals surface area (Å²) in [7, 11) is 0. The lowest BCUT2D eigenvalue weighted by atomic mass is 9.92. The Hall–Kier alpha value is -2.42. The third-order valence-electron chi connectivity index (χ3n) is 4.56. The molecule has 1 amide bonds. The third-order valence-corrected chi connectivity index (χ3v) is 5.70. The van der Waals surface area contributed by atoms with Gasteiger partial charge in [-0.3, -0.25) is 19.0 Å². The van der Waals surface area contributed by atoms with Crippen LogP contribution in [0.25, 0.3) is 0 Å². The molecule has 1 aliphatic heterocycles. The van der Waals surface area contributed by atoms with E-state index in [1.165, 1.54) is 22.5 Å². The standard InChI is InChI=1S/C19H25N5O3S/c1-19(2,3)14-10-16(26)23-11-13(12-28-18(23)22-14)17(27)20-7-5-9-24-15(25)6-4-8-21-24/h4,6,8,10,13H,5,7,9,11-12H2,1-3H3,(H,20,27). The molecule has 1 N–H and O–H groups in total. The number of fused-ring (bicyclic) bond motifs is 1. The lowest BCUT2D eigenvalue weighted by Gasteiger charge is -2.26. The molecule has 2 aromatic heterocycles. The second kappa shape index (κ2) is 8.30. The molecule has 0 radical (unpaired) electrons. The Bertz CT molecular complexity index is 977. The van der Waals surface area contributed by atoms with E-state index in [2.05, 4.69) is 15.4 Å². The molecular formula is C19H25N5O3S. The summed E-state index contributed by atoms with van der Waals surface area (Å²) in [5.74, 6) is 0.222. The minimum absolute atomic E-state index is 0.0849. The highest BCUT2D eigenvalue weighted by atomic mass is 32.2. The lowest BCUT2D eigenvalue weighted by molar-refractivity contribution is -0.124. The van der Waals surface area contributed by atoms with E-state index in [0.29, 0.717) is 37.0 Å². The van der Waals surface area contributed by atoms with E-state index in [1.807, 2.05) is 20.8 Å². The topological polar surface area (TPSA) is 98.9 Å². The normalized spacial score (nSPS) is 16.5. The molecule has 0 aromatic carbocycles. The summed E-state index contributed by atoms with van der Waals surface area (Å²) in [5, 5.41) is 7.56. The van der Waals surface area contributed by atoms with Gasteiger partial charge in [-0.1, -0.05) is 32.5 Å².